The predicted molar refractivity (Wildman–Crippen MR) is 82.7 cm³/mol. The fraction of sp³-hybridized carbons (Fsp3) is 0.938. The number of likely N-dealkylation sites (N-methyl/N-ethyl adjacent to an activating group) is 1. The monoisotopic (exact) mass is 281 g/mol. The average molecular weight is 281 g/mol. The number of hydrogen-bond donors (Lipinski definition) is 1. The fourth-order valence-electron chi connectivity index (χ4n) is 3.39. The van der Waals surface area contributed by atoms with Gasteiger partial charge in [-0.1, -0.05) is 12.8 Å². The summed E-state index contributed by atoms with van der Waals surface area (Å²) < 4.78 is 0. The Morgan fingerprint density at radius 2 is 1.95 bits per heavy atom. The molecule has 0 bridgehead atoms. The van der Waals surface area contributed by atoms with Crippen molar-refractivity contribution in [3.8, 4) is 0 Å². The first-order valence-electron chi connectivity index (χ1n) is 8.38. The highest BCUT2D eigenvalue weighted by atomic mass is 16.2. The smallest absolute Gasteiger partial charge is 0.239 e. The third-order valence-electron chi connectivity index (χ3n) is 4.88. The van der Waals surface area contributed by atoms with Crippen LogP contribution in [0.3, 0.4) is 0 Å². The van der Waals surface area contributed by atoms with E-state index in [1.165, 1.54) is 38.5 Å². The molecule has 2 aliphatic heterocycles. The van der Waals surface area contributed by atoms with Gasteiger partial charge in [-0.05, 0) is 58.7 Å². The standard InChI is InChI=1S/C16H31N3O/c1-14(16(20)19-10-5-3-4-6-11-19)18(2)13-15-8-7-9-17-12-15/h14-15,17H,3-13H2,1-2H3. The largest absolute Gasteiger partial charge is 0.341 e. The second kappa shape index (κ2) is 7.99. The van der Waals surface area contributed by atoms with E-state index < -0.39 is 0 Å². The summed E-state index contributed by atoms with van der Waals surface area (Å²) in [4.78, 5) is 16.9. The van der Waals surface area contributed by atoms with Gasteiger partial charge in [0.05, 0.1) is 6.04 Å². The molecule has 0 radical (unpaired) electrons. The zero-order valence-corrected chi connectivity index (χ0v) is 13.2. The molecule has 2 heterocycles. The van der Waals surface area contributed by atoms with Gasteiger partial charge in [0.2, 0.25) is 5.91 Å². The van der Waals surface area contributed by atoms with Gasteiger partial charge in [0, 0.05) is 19.6 Å². The van der Waals surface area contributed by atoms with Crippen molar-refractivity contribution in [1.29, 1.82) is 0 Å². The van der Waals surface area contributed by atoms with E-state index in [0.29, 0.717) is 11.8 Å². The van der Waals surface area contributed by atoms with E-state index in [1.807, 2.05) is 0 Å². The van der Waals surface area contributed by atoms with E-state index in [4.69, 9.17) is 0 Å². The van der Waals surface area contributed by atoms with Gasteiger partial charge in [0.15, 0.2) is 0 Å². The molecule has 1 amide bonds. The molecular weight excluding hydrogens is 250 g/mol. The van der Waals surface area contributed by atoms with Crippen molar-refractivity contribution >= 4 is 5.91 Å². The maximum Gasteiger partial charge on any atom is 0.239 e. The third-order valence-corrected chi connectivity index (χ3v) is 4.88. The molecule has 2 rings (SSSR count). The average Bonchev–Trinajstić information content (AvgIpc) is 2.75. The van der Waals surface area contributed by atoms with Crippen LogP contribution in [-0.4, -0.2) is 61.5 Å². The first-order valence-corrected chi connectivity index (χ1v) is 8.38. The Balaban J connectivity index is 1.81. The molecule has 1 N–H and O–H groups in total. The van der Waals surface area contributed by atoms with Crippen molar-refractivity contribution in [2.75, 3.05) is 39.8 Å². The van der Waals surface area contributed by atoms with Crippen LogP contribution >= 0.6 is 0 Å². The summed E-state index contributed by atoms with van der Waals surface area (Å²) in [5.41, 5.74) is 0. The first-order chi connectivity index (χ1) is 9.68. The lowest BCUT2D eigenvalue weighted by Gasteiger charge is -2.33. The van der Waals surface area contributed by atoms with Crippen LogP contribution in [0.5, 0.6) is 0 Å². The maximum atomic E-state index is 12.6. The van der Waals surface area contributed by atoms with Gasteiger partial charge in [-0.2, -0.15) is 0 Å². The minimum absolute atomic E-state index is 0.0232. The Hall–Kier alpha value is -0.610. The van der Waals surface area contributed by atoms with Gasteiger partial charge in [-0.3, -0.25) is 9.69 Å². The molecule has 2 aliphatic rings. The Morgan fingerprint density at radius 1 is 1.25 bits per heavy atom. The van der Waals surface area contributed by atoms with Crippen LogP contribution < -0.4 is 5.32 Å². The molecule has 2 unspecified atom stereocenters. The molecule has 0 aromatic rings. The summed E-state index contributed by atoms with van der Waals surface area (Å²) >= 11 is 0. The number of amides is 1. The van der Waals surface area contributed by atoms with Gasteiger partial charge in [-0.25, -0.2) is 0 Å². The van der Waals surface area contributed by atoms with Crippen LogP contribution in [0.15, 0.2) is 0 Å². The van der Waals surface area contributed by atoms with Crippen LogP contribution in [-0.2, 0) is 4.79 Å². The van der Waals surface area contributed by atoms with Crippen molar-refractivity contribution in [2.24, 2.45) is 5.92 Å². The summed E-state index contributed by atoms with van der Waals surface area (Å²) in [7, 11) is 2.11. The molecular formula is C16H31N3O. The second-order valence-corrected chi connectivity index (χ2v) is 6.57. The highest BCUT2D eigenvalue weighted by Crippen LogP contribution is 2.15. The van der Waals surface area contributed by atoms with Gasteiger partial charge in [0.1, 0.15) is 0 Å². The van der Waals surface area contributed by atoms with E-state index in [1.54, 1.807) is 0 Å². The molecule has 0 aliphatic carbocycles. The molecule has 0 saturated carbocycles. The number of carbonyl (C=O) groups is 1. The highest BCUT2D eigenvalue weighted by molar-refractivity contribution is 5.81. The molecule has 20 heavy (non-hydrogen) atoms. The van der Waals surface area contributed by atoms with Crippen molar-refractivity contribution in [1.82, 2.24) is 15.1 Å². The zero-order valence-electron chi connectivity index (χ0n) is 13.2. The minimum Gasteiger partial charge on any atom is -0.341 e. The van der Waals surface area contributed by atoms with E-state index in [9.17, 15) is 4.79 Å². The van der Waals surface area contributed by atoms with Crippen molar-refractivity contribution in [2.45, 2.75) is 51.5 Å². The summed E-state index contributed by atoms with van der Waals surface area (Å²) in [5, 5.41) is 3.46. The van der Waals surface area contributed by atoms with E-state index in [0.717, 1.165) is 32.7 Å². The number of piperidine rings is 1. The lowest BCUT2D eigenvalue weighted by atomic mass is 9.98. The quantitative estimate of drug-likeness (QED) is 0.852. The molecule has 116 valence electrons. The van der Waals surface area contributed by atoms with Crippen molar-refractivity contribution in [3.63, 3.8) is 0 Å². The Kier molecular flexibility index (Phi) is 6.30. The van der Waals surface area contributed by atoms with E-state index >= 15 is 0 Å². The zero-order chi connectivity index (χ0) is 14.4. The van der Waals surface area contributed by atoms with Crippen LogP contribution in [0.25, 0.3) is 0 Å². The third kappa shape index (κ3) is 4.45. The van der Waals surface area contributed by atoms with Gasteiger partial charge >= 0.3 is 0 Å². The molecule has 0 aromatic heterocycles. The number of hydrogen-bond acceptors (Lipinski definition) is 3. The Labute approximate surface area is 123 Å². The van der Waals surface area contributed by atoms with Crippen molar-refractivity contribution in [3.05, 3.63) is 0 Å². The SMILES string of the molecule is CC(C(=O)N1CCCCCC1)N(C)CC1CCCNC1. The van der Waals surface area contributed by atoms with Crippen LogP contribution in [0, 0.1) is 5.92 Å². The molecule has 0 aromatic carbocycles. The summed E-state index contributed by atoms with van der Waals surface area (Å²) in [6.07, 6.45) is 7.47. The highest BCUT2D eigenvalue weighted by Gasteiger charge is 2.26. The molecule has 2 fully saturated rings. The van der Waals surface area contributed by atoms with E-state index in [-0.39, 0.29) is 6.04 Å². The van der Waals surface area contributed by atoms with E-state index in [2.05, 4.69) is 29.1 Å². The summed E-state index contributed by atoms with van der Waals surface area (Å²) in [6, 6.07) is 0.0232. The normalized spacial score (nSPS) is 26.4. The summed E-state index contributed by atoms with van der Waals surface area (Å²) in [5.74, 6) is 1.03. The number of nitrogens with one attached hydrogen (secondary N) is 1. The number of likely N-dealkylation sites (tertiary alicyclic amines) is 1. The Bertz CT molecular complexity index is 294. The molecule has 4 heteroatoms. The van der Waals surface area contributed by atoms with Gasteiger partial charge in [0.25, 0.3) is 0 Å². The molecule has 0 spiro atoms. The number of nitrogens with zero attached hydrogens (tertiary/aromatic N) is 2. The topological polar surface area (TPSA) is 35.6 Å². The lowest BCUT2D eigenvalue weighted by molar-refractivity contribution is -0.136. The summed E-state index contributed by atoms with van der Waals surface area (Å²) in [6.45, 7) is 7.29. The van der Waals surface area contributed by atoms with Crippen molar-refractivity contribution < 1.29 is 4.79 Å². The first kappa shape index (κ1) is 15.8. The molecule has 2 atom stereocenters. The fourth-order valence-corrected chi connectivity index (χ4v) is 3.39. The Morgan fingerprint density at radius 3 is 2.55 bits per heavy atom. The molecule has 2 saturated heterocycles. The second-order valence-electron chi connectivity index (χ2n) is 6.57. The number of rotatable bonds is 4. The van der Waals surface area contributed by atoms with Gasteiger partial charge in [-0.15, -0.1) is 0 Å². The molecule has 4 nitrogen and oxygen atoms in total. The maximum absolute atomic E-state index is 12.6. The van der Waals surface area contributed by atoms with Crippen LogP contribution in [0.4, 0.5) is 0 Å². The minimum atomic E-state index is 0.0232. The van der Waals surface area contributed by atoms with Gasteiger partial charge < -0.3 is 10.2 Å². The van der Waals surface area contributed by atoms with Crippen LogP contribution in [0.2, 0.25) is 0 Å². The predicted octanol–water partition coefficient (Wildman–Crippen LogP) is 1.71. The lowest BCUT2D eigenvalue weighted by Crippen LogP contribution is -2.48. The number of carbonyl (C=O) groups excluding carboxylic acids is 1. The van der Waals surface area contributed by atoms with Crippen LogP contribution in [0.1, 0.15) is 45.4 Å².